The van der Waals surface area contributed by atoms with E-state index in [-0.39, 0.29) is 35.8 Å². The Bertz CT molecular complexity index is 937. The molecule has 0 spiro atoms. The monoisotopic (exact) mass is 492 g/mol. The highest BCUT2D eigenvalue weighted by atomic mass is 35.5. The molecule has 2 saturated heterocycles. The fraction of sp³-hybridized carbons (Fsp3) is 0.565. The summed E-state index contributed by atoms with van der Waals surface area (Å²) in [5.41, 5.74) is 0.848. The third-order valence-electron chi connectivity index (χ3n) is 6.74. The average Bonchev–Trinajstić information content (AvgIpc) is 2.82. The number of hydrogen-bond acceptors (Lipinski definition) is 5. The van der Waals surface area contributed by atoms with Crippen LogP contribution in [0.3, 0.4) is 0 Å². The van der Waals surface area contributed by atoms with Crippen LogP contribution in [0.4, 0.5) is 4.79 Å². The molecule has 3 fully saturated rings. The molecule has 3 unspecified atom stereocenters. The number of hydrogen-bond donors (Lipinski definition) is 1. The van der Waals surface area contributed by atoms with Gasteiger partial charge in [0.2, 0.25) is 11.8 Å². The number of carbonyl (C=O) groups excluding carboxylic acids is 3. The third-order valence-corrected chi connectivity index (χ3v) is 7.45. The van der Waals surface area contributed by atoms with Gasteiger partial charge < -0.3 is 19.9 Å². The van der Waals surface area contributed by atoms with E-state index in [1.54, 1.807) is 22.8 Å². The molecule has 33 heavy (non-hydrogen) atoms. The fourth-order valence-corrected chi connectivity index (χ4v) is 5.42. The van der Waals surface area contributed by atoms with Crippen LogP contribution in [0.1, 0.15) is 31.7 Å². The highest BCUT2D eigenvalue weighted by Gasteiger charge is 2.45. The van der Waals surface area contributed by atoms with Crippen molar-refractivity contribution in [3.05, 3.63) is 34.9 Å². The minimum Gasteiger partial charge on any atom is -0.450 e. The minimum absolute atomic E-state index is 0.00220. The number of thiocarbonyl (C=S) groups is 1. The van der Waals surface area contributed by atoms with Gasteiger partial charge in [0.25, 0.3) is 0 Å². The molecule has 1 saturated carbocycles. The number of ether oxygens (including phenoxy) is 1. The molecule has 1 aliphatic carbocycles. The standard InChI is InChI=1S/C23H29ClN4O4S/c1-2-32-23(31)27-11-9-26(10-12-27)20(29)15-7-8-17-19(13-15)25-22(33)28(21(17)30)14-16-5-3-4-6-18(16)24/h3-6,15,17,19H,2,7-14H2,1H3,(H,25,33). The van der Waals surface area contributed by atoms with Crippen molar-refractivity contribution in [1.82, 2.24) is 20.0 Å². The van der Waals surface area contributed by atoms with Gasteiger partial charge in [-0.05, 0) is 50.0 Å². The number of nitrogens with zero attached hydrogens (tertiary/aromatic N) is 3. The summed E-state index contributed by atoms with van der Waals surface area (Å²) in [6, 6.07) is 7.29. The Morgan fingerprint density at radius 3 is 2.55 bits per heavy atom. The number of carbonyl (C=O) groups is 3. The van der Waals surface area contributed by atoms with E-state index in [9.17, 15) is 14.4 Å². The van der Waals surface area contributed by atoms with Gasteiger partial charge in [-0.3, -0.25) is 14.5 Å². The molecule has 4 rings (SSSR count). The van der Waals surface area contributed by atoms with Crippen LogP contribution in [0.2, 0.25) is 5.02 Å². The normalized spacial score (nSPS) is 25.4. The maximum absolute atomic E-state index is 13.2. The van der Waals surface area contributed by atoms with Crippen LogP contribution in [0, 0.1) is 11.8 Å². The van der Waals surface area contributed by atoms with Gasteiger partial charge >= 0.3 is 6.09 Å². The van der Waals surface area contributed by atoms with E-state index in [4.69, 9.17) is 28.6 Å². The summed E-state index contributed by atoms with van der Waals surface area (Å²) >= 11 is 11.8. The summed E-state index contributed by atoms with van der Waals surface area (Å²) in [7, 11) is 0. The number of fused-ring (bicyclic) bond motifs is 1. The summed E-state index contributed by atoms with van der Waals surface area (Å²) in [5.74, 6) is -0.268. The van der Waals surface area contributed by atoms with Gasteiger partial charge in [0.05, 0.1) is 19.1 Å². The largest absolute Gasteiger partial charge is 0.450 e. The Labute approximate surface area is 204 Å². The minimum atomic E-state index is -0.329. The summed E-state index contributed by atoms with van der Waals surface area (Å²) < 4.78 is 5.05. The first-order chi connectivity index (χ1) is 15.9. The quantitative estimate of drug-likeness (QED) is 0.651. The SMILES string of the molecule is CCOC(=O)N1CCN(C(=O)C2CCC3C(=O)N(Cc4ccccc4Cl)C(=S)NC3C2)CC1. The van der Waals surface area contributed by atoms with Gasteiger partial charge in [0.1, 0.15) is 0 Å². The maximum atomic E-state index is 13.2. The van der Waals surface area contributed by atoms with Crippen LogP contribution >= 0.6 is 23.8 Å². The Hall–Kier alpha value is -2.39. The van der Waals surface area contributed by atoms with E-state index in [0.29, 0.717) is 68.7 Å². The summed E-state index contributed by atoms with van der Waals surface area (Å²) in [6.45, 7) is 4.39. The van der Waals surface area contributed by atoms with Gasteiger partial charge in [-0.15, -0.1) is 0 Å². The number of amides is 3. The molecule has 0 bridgehead atoms. The second-order valence-corrected chi connectivity index (χ2v) is 9.49. The molecular weight excluding hydrogens is 464 g/mol. The maximum Gasteiger partial charge on any atom is 0.409 e. The Morgan fingerprint density at radius 1 is 1.15 bits per heavy atom. The van der Waals surface area contributed by atoms with Crippen LogP contribution < -0.4 is 5.32 Å². The molecule has 2 heterocycles. The second-order valence-electron chi connectivity index (χ2n) is 8.70. The number of rotatable bonds is 4. The van der Waals surface area contributed by atoms with Crippen molar-refractivity contribution in [2.24, 2.45) is 11.8 Å². The predicted molar refractivity (Wildman–Crippen MR) is 128 cm³/mol. The van der Waals surface area contributed by atoms with E-state index < -0.39 is 0 Å². The van der Waals surface area contributed by atoms with Crippen LogP contribution in [-0.2, 0) is 20.9 Å². The molecule has 3 atom stereocenters. The van der Waals surface area contributed by atoms with E-state index in [1.165, 1.54) is 0 Å². The Balaban J connectivity index is 1.34. The van der Waals surface area contributed by atoms with Gasteiger partial charge in [0.15, 0.2) is 5.11 Å². The van der Waals surface area contributed by atoms with Crippen LogP contribution in [0.15, 0.2) is 24.3 Å². The zero-order valence-electron chi connectivity index (χ0n) is 18.7. The molecule has 0 radical (unpaired) electrons. The Kier molecular flexibility index (Phi) is 7.38. The third kappa shape index (κ3) is 5.09. The van der Waals surface area contributed by atoms with Gasteiger partial charge in [-0.25, -0.2) is 4.79 Å². The molecular formula is C23H29ClN4O4S. The molecule has 1 N–H and O–H groups in total. The molecule has 1 aromatic carbocycles. The van der Waals surface area contributed by atoms with E-state index in [2.05, 4.69) is 5.32 Å². The lowest BCUT2D eigenvalue weighted by molar-refractivity contribution is -0.143. The number of halogens is 1. The topological polar surface area (TPSA) is 82.2 Å². The molecule has 2 aliphatic heterocycles. The number of nitrogens with one attached hydrogen (secondary N) is 1. The van der Waals surface area contributed by atoms with Crippen LogP contribution in [-0.4, -0.2) is 76.5 Å². The first kappa shape index (κ1) is 23.8. The molecule has 3 amide bonds. The lowest BCUT2D eigenvalue weighted by atomic mass is 9.76. The van der Waals surface area contributed by atoms with Gasteiger partial charge in [0, 0.05) is 43.2 Å². The highest BCUT2D eigenvalue weighted by Crippen LogP contribution is 2.35. The van der Waals surface area contributed by atoms with Gasteiger partial charge in [-0.2, -0.15) is 0 Å². The van der Waals surface area contributed by atoms with Crippen molar-refractivity contribution in [2.45, 2.75) is 38.8 Å². The first-order valence-corrected chi connectivity index (χ1v) is 12.2. The van der Waals surface area contributed by atoms with E-state index >= 15 is 0 Å². The van der Waals surface area contributed by atoms with Crippen molar-refractivity contribution in [1.29, 1.82) is 0 Å². The molecule has 1 aromatic rings. The van der Waals surface area contributed by atoms with Crippen LogP contribution in [0.5, 0.6) is 0 Å². The van der Waals surface area contributed by atoms with Crippen molar-refractivity contribution >= 4 is 46.8 Å². The van der Waals surface area contributed by atoms with Gasteiger partial charge in [-0.1, -0.05) is 29.8 Å². The summed E-state index contributed by atoms with van der Waals surface area (Å²) in [5, 5.41) is 4.31. The zero-order chi connectivity index (χ0) is 23.5. The molecule has 0 aromatic heterocycles. The lowest BCUT2D eigenvalue weighted by Gasteiger charge is -2.44. The number of benzene rings is 1. The van der Waals surface area contributed by atoms with Crippen molar-refractivity contribution in [2.75, 3.05) is 32.8 Å². The first-order valence-electron chi connectivity index (χ1n) is 11.4. The van der Waals surface area contributed by atoms with Crippen LogP contribution in [0.25, 0.3) is 0 Å². The van der Waals surface area contributed by atoms with Crippen molar-refractivity contribution in [3.8, 4) is 0 Å². The van der Waals surface area contributed by atoms with Crippen molar-refractivity contribution in [3.63, 3.8) is 0 Å². The second kappa shape index (κ2) is 10.3. The predicted octanol–water partition coefficient (Wildman–Crippen LogP) is 2.64. The number of piperazine rings is 1. The molecule has 178 valence electrons. The average molecular weight is 493 g/mol. The lowest BCUT2D eigenvalue weighted by Crippen LogP contribution is -2.62. The summed E-state index contributed by atoms with van der Waals surface area (Å²) in [6.07, 6.45) is 1.55. The fourth-order valence-electron chi connectivity index (χ4n) is 4.92. The van der Waals surface area contributed by atoms with E-state index in [1.807, 2.05) is 23.1 Å². The van der Waals surface area contributed by atoms with E-state index in [0.717, 1.165) is 5.56 Å². The van der Waals surface area contributed by atoms with Crippen molar-refractivity contribution < 1.29 is 19.1 Å². The Morgan fingerprint density at radius 2 is 1.85 bits per heavy atom. The summed E-state index contributed by atoms with van der Waals surface area (Å²) in [4.78, 5) is 43.3. The molecule has 10 heteroatoms. The molecule has 8 nitrogen and oxygen atoms in total. The zero-order valence-corrected chi connectivity index (χ0v) is 20.2. The smallest absolute Gasteiger partial charge is 0.409 e. The molecule has 3 aliphatic rings. The highest BCUT2D eigenvalue weighted by molar-refractivity contribution is 7.80.